The molecule has 0 heterocycles. The number of quaternary nitrogens is 1. The van der Waals surface area contributed by atoms with Gasteiger partial charge in [0.25, 0.3) is 0 Å². The Morgan fingerprint density at radius 2 is 0.687 bits per heavy atom. The summed E-state index contributed by atoms with van der Waals surface area (Å²) in [4.78, 5) is 37.4. The molecule has 0 fully saturated rings. The fraction of sp³-hybridized carbons (Fsp3) is 0.743. The number of carbonyl (C=O) groups excluding carboxylic acids is 3. The molecule has 9 nitrogen and oxygen atoms in total. The zero-order chi connectivity index (χ0) is 60.5. The molecule has 83 heavy (non-hydrogen) atoms. The van der Waals surface area contributed by atoms with Crippen LogP contribution in [-0.4, -0.2) is 82.3 Å². The summed E-state index contributed by atoms with van der Waals surface area (Å²) in [5.41, 5.74) is 0. The van der Waals surface area contributed by atoms with Crippen LogP contribution in [0.4, 0.5) is 0 Å². The predicted molar refractivity (Wildman–Crippen MR) is 352 cm³/mol. The third-order valence-electron chi connectivity index (χ3n) is 14.8. The fourth-order valence-electron chi connectivity index (χ4n) is 9.57. The second kappa shape index (κ2) is 64.2. The quantitative estimate of drug-likeness (QED) is 0.0195. The molecule has 0 saturated carbocycles. The van der Waals surface area contributed by atoms with Crippen LogP contribution in [0.25, 0.3) is 0 Å². The van der Waals surface area contributed by atoms with Gasteiger partial charge in [0.15, 0.2) is 12.4 Å². The summed E-state index contributed by atoms with van der Waals surface area (Å²) < 4.78 is 22.8. The van der Waals surface area contributed by atoms with E-state index < -0.39 is 24.3 Å². The summed E-state index contributed by atoms with van der Waals surface area (Å²) in [7, 11) is 5.93. The highest BCUT2D eigenvalue weighted by Crippen LogP contribution is 2.17. The van der Waals surface area contributed by atoms with E-state index in [1.54, 1.807) is 0 Å². The van der Waals surface area contributed by atoms with Gasteiger partial charge in [0.05, 0.1) is 40.3 Å². The van der Waals surface area contributed by atoms with Gasteiger partial charge in [-0.2, -0.15) is 0 Å². The average molecular weight is 1160 g/mol. The number of esters is 2. The SMILES string of the molecule is CC/C=C\C/C=C\C/C=C\C/C=C\C/C=C\CCCCCCCCCCCCCCCCCCCCCCCCCC(=O)OC(COC(=O)CCCCCCCC/C=C\C/C=C\C/C=C\CCCCC)COC(OCC[N+](C)(C)C)C(=O)[O-]. The maximum Gasteiger partial charge on any atom is 0.306 e. The van der Waals surface area contributed by atoms with Crippen LogP contribution in [0.15, 0.2) is 97.2 Å². The van der Waals surface area contributed by atoms with Gasteiger partial charge in [0.2, 0.25) is 0 Å². The molecule has 0 aliphatic rings. The van der Waals surface area contributed by atoms with Crippen molar-refractivity contribution in [2.45, 2.75) is 309 Å². The van der Waals surface area contributed by atoms with Crippen LogP contribution in [0.3, 0.4) is 0 Å². The summed E-state index contributed by atoms with van der Waals surface area (Å²) in [5.74, 6) is -2.29. The molecule has 9 heteroatoms. The molecule has 0 bridgehead atoms. The maximum absolute atomic E-state index is 12.9. The Labute approximate surface area is 512 Å². The third-order valence-corrected chi connectivity index (χ3v) is 14.8. The van der Waals surface area contributed by atoms with Crippen molar-refractivity contribution < 1.29 is 42.9 Å². The lowest BCUT2D eigenvalue weighted by atomic mass is 10.0. The molecule has 0 aromatic heterocycles. The Bertz CT molecular complexity index is 1680. The van der Waals surface area contributed by atoms with E-state index in [0.29, 0.717) is 17.4 Å². The monoisotopic (exact) mass is 1160 g/mol. The molecule has 0 amide bonds. The summed E-state index contributed by atoms with van der Waals surface area (Å²) in [6.07, 6.45) is 84.9. The smallest absolute Gasteiger partial charge is 0.306 e. The lowest BCUT2D eigenvalue weighted by Crippen LogP contribution is -2.44. The number of likely N-dealkylation sites (N-methyl/N-ethyl adjacent to an activating group) is 1. The van der Waals surface area contributed by atoms with Crippen molar-refractivity contribution in [3.63, 3.8) is 0 Å². The molecule has 0 aromatic carbocycles. The Hall–Kier alpha value is -3.79. The van der Waals surface area contributed by atoms with Crippen LogP contribution in [0.1, 0.15) is 296 Å². The van der Waals surface area contributed by atoms with Crippen molar-refractivity contribution in [1.82, 2.24) is 0 Å². The Balaban J connectivity index is 4.03. The summed E-state index contributed by atoms with van der Waals surface area (Å²) in [5, 5.41) is 11.8. The van der Waals surface area contributed by atoms with Gasteiger partial charge < -0.3 is 33.3 Å². The molecule has 0 rings (SSSR count). The molecule has 0 aliphatic heterocycles. The molecule has 478 valence electrons. The maximum atomic E-state index is 12.9. The number of unbranched alkanes of at least 4 members (excludes halogenated alkanes) is 32. The standard InChI is InChI=1S/C74H129NO8/c1-6-8-10-12-14-16-18-20-22-24-26-27-28-29-30-31-32-33-34-35-36-37-38-39-40-41-42-43-44-45-47-49-51-53-55-57-59-61-63-65-72(77)83-70(69-82-74(73(78)79)80-67-66-75(3,4)5)68-81-71(76)64-62-60-58-56-54-52-50-48-46-25-23-21-19-17-15-13-11-9-7-2/h8,10,14-17,20-23,26-27,29-30,46,48,70,74H,6-7,9,11-13,18-19,24-25,28,31-45,47,49-69H2,1-5H3/b10-8-,16-14-,17-15-,22-20-,23-21-,27-26-,30-29-,48-46-. The van der Waals surface area contributed by atoms with Crippen LogP contribution in [-0.2, 0) is 33.3 Å². The predicted octanol–water partition coefficient (Wildman–Crippen LogP) is 19.9. The zero-order valence-electron chi connectivity index (χ0n) is 54.5. The van der Waals surface area contributed by atoms with Gasteiger partial charge in [-0.05, 0) is 96.3 Å². The average Bonchev–Trinajstić information content (AvgIpc) is 3.46. The zero-order valence-corrected chi connectivity index (χ0v) is 54.5. The second-order valence-electron chi connectivity index (χ2n) is 24.1. The van der Waals surface area contributed by atoms with E-state index in [2.05, 4.69) is 111 Å². The fourth-order valence-corrected chi connectivity index (χ4v) is 9.57. The Morgan fingerprint density at radius 1 is 0.373 bits per heavy atom. The number of nitrogens with zero attached hydrogens (tertiary/aromatic N) is 1. The van der Waals surface area contributed by atoms with Crippen molar-refractivity contribution >= 4 is 17.9 Å². The number of carbonyl (C=O) groups is 3. The lowest BCUT2D eigenvalue weighted by molar-refractivity contribution is -0.870. The van der Waals surface area contributed by atoms with Gasteiger partial charge in [-0.3, -0.25) is 9.59 Å². The van der Waals surface area contributed by atoms with Crippen molar-refractivity contribution in [2.75, 3.05) is 47.5 Å². The number of aliphatic carboxylic acids is 1. The molecule has 0 aromatic rings. The number of carboxylic acid groups (broad SMARTS) is 1. The molecule has 0 N–H and O–H groups in total. The number of allylic oxidation sites excluding steroid dienone is 16. The minimum absolute atomic E-state index is 0.144. The first-order chi connectivity index (χ1) is 40.6. The van der Waals surface area contributed by atoms with Crippen LogP contribution >= 0.6 is 0 Å². The molecular formula is C74H129NO8. The normalized spacial score (nSPS) is 13.3. The van der Waals surface area contributed by atoms with Gasteiger partial charge in [-0.15, -0.1) is 0 Å². The molecule has 0 radical (unpaired) electrons. The van der Waals surface area contributed by atoms with Crippen LogP contribution in [0.2, 0.25) is 0 Å². The van der Waals surface area contributed by atoms with E-state index in [1.807, 2.05) is 21.1 Å². The van der Waals surface area contributed by atoms with E-state index in [4.69, 9.17) is 18.9 Å². The first-order valence-corrected chi connectivity index (χ1v) is 34.4. The Kier molecular flexibility index (Phi) is 61.3. The number of rotatable bonds is 63. The van der Waals surface area contributed by atoms with Crippen LogP contribution in [0, 0.1) is 0 Å². The van der Waals surface area contributed by atoms with Gasteiger partial charge >= 0.3 is 11.9 Å². The minimum atomic E-state index is -1.63. The molecule has 0 aliphatic carbocycles. The third kappa shape index (κ3) is 65.6. The molecule has 2 atom stereocenters. The van der Waals surface area contributed by atoms with Gasteiger partial charge in [-0.25, -0.2) is 0 Å². The minimum Gasteiger partial charge on any atom is -0.545 e. The highest BCUT2D eigenvalue weighted by atomic mass is 16.7. The number of hydrogen-bond donors (Lipinski definition) is 0. The highest BCUT2D eigenvalue weighted by molar-refractivity contribution is 5.70. The van der Waals surface area contributed by atoms with Crippen molar-refractivity contribution in [3.8, 4) is 0 Å². The number of carboxylic acids is 1. The van der Waals surface area contributed by atoms with E-state index in [-0.39, 0.29) is 38.6 Å². The summed E-state index contributed by atoms with van der Waals surface area (Å²) >= 11 is 0. The number of hydrogen-bond acceptors (Lipinski definition) is 8. The largest absolute Gasteiger partial charge is 0.545 e. The lowest BCUT2D eigenvalue weighted by Gasteiger charge is -2.26. The van der Waals surface area contributed by atoms with Gasteiger partial charge in [0.1, 0.15) is 13.2 Å². The number of ether oxygens (including phenoxy) is 4. The van der Waals surface area contributed by atoms with E-state index in [9.17, 15) is 19.5 Å². The molecule has 0 saturated heterocycles. The molecule has 2 unspecified atom stereocenters. The molecule has 0 spiro atoms. The van der Waals surface area contributed by atoms with E-state index in [1.165, 1.54) is 173 Å². The highest BCUT2D eigenvalue weighted by Gasteiger charge is 2.22. The molecular weight excluding hydrogens is 1030 g/mol. The van der Waals surface area contributed by atoms with E-state index >= 15 is 0 Å². The summed E-state index contributed by atoms with van der Waals surface area (Å²) in [6.45, 7) is 4.61. The second-order valence-corrected chi connectivity index (χ2v) is 24.1. The van der Waals surface area contributed by atoms with Crippen molar-refractivity contribution in [2.24, 2.45) is 0 Å². The van der Waals surface area contributed by atoms with E-state index in [0.717, 1.165) is 89.9 Å². The van der Waals surface area contributed by atoms with Crippen molar-refractivity contribution in [1.29, 1.82) is 0 Å². The first kappa shape index (κ1) is 79.2. The van der Waals surface area contributed by atoms with Gasteiger partial charge in [0, 0.05) is 12.8 Å². The first-order valence-electron chi connectivity index (χ1n) is 34.4. The topological polar surface area (TPSA) is 111 Å². The van der Waals surface area contributed by atoms with Crippen molar-refractivity contribution in [3.05, 3.63) is 97.2 Å². The van der Waals surface area contributed by atoms with Crippen LogP contribution in [0.5, 0.6) is 0 Å². The van der Waals surface area contributed by atoms with Crippen LogP contribution < -0.4 is 5.11 Å². The van der Waals surface area contributed by atoms with Gasteiger partial charge in [-0.1, -0.05) is 284 Å². The Morgan fingerprint density at radius 3 is 1.02 bits per heavy atom. The summed E-state index contributed by atoms with van der Waals surface area (Å²) in [6, 6.07) is 0.